The molecule has 0 aromatic heterocycles. The van der Waals surface area contributed by atoms with Gasteiger partial charge in [-0.25, -0.2) is 4.99 Å². The van der Waals surface area contributed by atoms with E-state index in [4.69, 9.17) is 5.73 Å². The number of hydrogen-bond donors (Lipinski definition) is 3. The molecule has 0 unspecified atom stereocenters. The number of nitrogens with two attached hydrogens (primary N) is 1. The molecule has 3 rings (SSSR count). The van der Waals surface area contributed by atoms with Crippen molar-refractivity contribution in [3.05, 3.63) is 29.3 Å². The fourth-order valence-electron chi connectivity index (χ4n) is 2.93. The SMILES string of the molecule is NC(=NC1CC(O)C1)Nc1cccc2c1CCCC2. The predicted molar refractivity (Wildman–Crippen MR) is 77.4 cm³/mol. The van der Waals surface area contributed by atoms with Crippen molar-refractivity contribution in [2.24, 2.45) is 10.7 Å². The van der Waals surface area contributed by atoms with Crippen molar-refractivity contribution in [2.75, 3.05) is 5.32 Å². The Morgan fingerprint density at radius 2 is 2.05 bits per heavy atom. The zero-order chi connectivity index (χ0) is 13.2. The minimum atomic E-state index is -0.189. The minimum Gasteiger partial charge on any atom is -0.393 e. The molecule has 4 N–H and O–H groups in total. The number of nitrogens with one attached hydrogen (secondary N) is 1. The van der Waals surface area contributed by atoms with E-state index >= 15 is 0 Å². The molecule has 4 heteroatoms. The molecule has 4 nitrogen and oxygen atoms in total. The Balaban J connectivity index is 1.72. The molecule has 0 aliphatic heterocycles. The van der Waals surface area contributed by atoms with E-state index in [0.29, 0.717) is 5.96 Å². The van der Waals surface area contributed by atoms with Gasteiger partial charge in [-0.15, -0.1) is 0 Å². The number of aliphatic hydroxyl groups is 1. The Labute approximate surface area is 113 Å². The van der Waals surface area contributed by atoms with Crippen molar-refractivity contribution in [1.82, 2.24) is 0 Å². The van der Waals surface area contributed by atoms with Crippen LogP contribution in [0.2, 0.25) is 0 Å². The van der Waals surface area contributed by atoms with Crippen LogP contribution in [-0.4, -0.2) is 23.2 Å². The molecular formula is C15H21N3O. The molecule has 0 saturated heterocycles. The smallest absolute Gasteiger partial charge is 0.193 e. The highest BCUT2D eigenvalue weighted by atomic mass is 16.3. The fourth-order valence-corrected chi connectivity index (χ4v) is 2.93. The van der Waals surface area contributed by atoms with Gasteiger partial charge in [0.05, 0.1) is 12.1 Å². The molecule has 0 radical (unpaired) electrons. The molecule has 2 aliphatic rings. The van der Waals surface area contributed by atoms with Gasteiger partial charge in [0, 0.05) is 5.69 Å². The highest BCUT2D eigenvalue weighted by Gasteiger charge is 2.26. The van der Waals surface area contributed by atoms with E-state index in [1.54, 1.807) is 0 Å². The van der Waals surface area contributed by atoms with E-state index < -0.39 is 0 Å². The van der Waals surface area contributed by atoms with Gasteiger partial charge in [-0.05, 0) is 55.7 Å². The number of guanidine groups is 1. The summed E-state index contributed by atoms with van der Waals surface area (Å²) in [4.78, 5) is 4.40. The average molecular weight is 259 g/mol. The van der Waals surface area contributed by atoms with Crippen LogP contribution in [0.15, 0.2) is 23.2 Å². The third kappa shape index (κ3) is 2.73. The van der Waals surface area contributed by atoms with E-state index in [1.165, 1.54) is 24.0 Å². The summed E-state index contributed by atoms with van der Waals surface area (Å²) in [6, 6.07) is 6.53. The van der Waals surface area contributed by atoms with Crippen molar-refractivity contribution < 1.29 is 5.11 Å². The fraction of sp³-hybridized carbons (Fsp3) is 0.533. The molecule has 1 saturated carbocycles. The van der Waals surface area contributed by atoms with Crippen LogP contribution >= 0.6 is 0 Å². The van der Waals surface area contributed by atoms with Crippen molar-refractivity contribution in [1.29, 1.82) is 0 Å². The van der Waals surface area contributed by atoms with E-state index in [-0.39, 0.29) is 12.1 Å². The van der Waals surface area contributed by atoms with Gasteiger partial charge >= 0.3 is 0 Å². The number of benzene rings is 1. The van der Waals surface area contributed by atoms with Gasteiger partial charge in [0.2, 0.25) is 0 Å². The molecule has 2 aliphatic carbocycles. The molecule has 19 heavy (non-hydrogen) atoms. The van der Waals surface area contributed by atoms with Crippen LogP contribution in [0.25, 0.3) is 0 Å². The summed E-state index contributed by atoms with van der Waals surface area (Å²) in [5.74, 6) is 0.468. The van der Waals surface area contributed by atoms with Crippen molar-refractivity contribution >= 4 is 11.6 Å². The molecule has 1 aromatic rings. The second-order valence-electron chi connectivity index (χ2n) is 5.57. The van der Waals surface area contributed by atoms with Crippen LogP contribution in [0.5, 0.6) is 0 Å². The molecule has 1 aromatic carbocycles. The molecule has 0 atom stereocenters. The number of aliphatic hydroxyl groups excluding tert-OH is 1. The molecule has 102 valence electrons. The Morgan fingerprint density at radius 3 is 2.84 bits per heavy atom. The van der Waals surface area contributed by atoms with Crippen LogP contribution in [0, 0.1) is 0 Å². The predicted octanol–water partition coefficient (Wildman–Crippen LogP) is 1.82. The Morgan fingerprint density at radius 1 is 1.26 bits per heavy atom. The van der Waals surface area contributed by atoms with Crippen molar-refractivity contribution in [3.63, 3.8) is 0 Å². The number of nitrogens with zero attached hydrogens (tertiary/aromatic N) is 1. The Kier molecular flexibility index (Phi) is 3.42. The van der Waals surface area contributed by atoms with E-state index in [1.807, 2.05) is 0 Å². The number of rotatable bonds is 2. The zero-order valence-corrected chi connectivity index (χ0v) is 11.1. The van der Waals surface area contributed by atoms with Gasteiger partial charge in [0.1, 0.15) is 0 Å². The second kappa shape index (κ2) is 5.21. The number of aliphatic imine (C=N–C) groups is 1. The van der Waals surface area contributed by atoms with Crippen LogP contribution in [0.4, 0.5) is 5.69 Å². The maximum absolute atomic E-state index is 9.25. The minimum absolute atomic E-state index is 0.182. The first-order valence-corrected chi connectivity index (χ1v) is 7.11. The summed E-state index contributed by atoms with van der Waals surface area (Å²) in [6.07, 6.45) is 6.08. The molecule has 0 bridgehead atoms. The van der Waals surface area contributed by atoms with Crippen LogP contribution in [0.1, 0.15) is 36.8 Å². The highest BCUT2D eigenvalue weighted by molar-refractivity contribution is 5.93. The lowest BCUT2D eigenvalue weighted by Crippen LogP contribution is -2.35. The van der Waals surface area contributed by atoms with Gasteiger partial charge in [0.25, 0.3) is 0 Å². The highest BCUT2D eigenvalue weighted by Crippen LogP contribution is 2.28. The number of fused-ring (bicyclic) bond motifs is 1. The Hall–Kier alpha value is -1.55. The van der Waals surface area contributed by atoms with Crippen molar-refractivity contribution in [3.8, 4) is 0 Å². The summed E-state index contributed by atoms with van der Waals surface area (Å²) in [7, 11) is 0. The quantitative estimate of drug-likeness (QED) is 0.560. The second-order valence-corrected chi connectivity index (χ2v) is 5.57. The summed E-state index contributed by atoms with van der Waals surface area (Å²) < 4.78 is 0. The lowest BCUT2D eigenvalue weighted by molar-refractivity contribution is 0.0778. The van der Waals surface area contributed by atoms with E-state index in [0.717, 1.165) is 31.4 Å². The summed E-state index contributed by atoms with van der Waals surface area (Å²) >= 11 is 0. The summed E-state index contributed by atoms with van der Waals surface area (Å²) in [5, 5.41) is 12.5. The summed E-state index contributed by atoms with van der Waals surface area (Å²) in [5.41, 5.74) is 9.87. The maximum Gasteiger partial charge on any atom is 0.193 e. The van der Waals surface area contributed by atoms with Gasteiger partial charge in [0.15, 0.2) is 5.96 Å². The first kappa shape index (κ1) is 12.5. The number of aryl methyl sites for hydroxylation is 1. The van der Waals surface area contributed by atoms with Crippen molar-refractivity contribution in [2.45, 2.75) is 50.7 Å². The van der Waals surface area contributed by atoms with Gasteiger partial charge in [-0.3, -0.25) is 0 Å². The van der Waals surface area contributed by atoms with Crippen LogP contribution in [0.3, 0.4) is 0 Å². The molecule has 0 amide bonds. The van der Waals surface area contributed by atoms with Crippen LogP contribution < -0.4 is 11.1 Å². The van der Waals surface area contributed by atoms with E-state index in [9.17, 15) is 5.11 Å². The van der Waals surface area contributed by atoms with Gasteiger partial charge < -0.3 is 16.2 Å². The molecule has 0 heterocycles. The van der Waals surface area contributed by atoms with Gasteiger partial charge in [-0.1, -0.05) is 12.1 Å². The van der Waals surface area contributed by atoms with E-state index in [2.05, 4.69) is 28.5 Å². The summed E-state index contributed by atoms with van der Waals surface area (Å²) in [6.45, 7) is 0. The number of hydrogen-bond acceptors (Lipinski definition) is 2. The standard InChI is InChI=1S/C15H21N3O/c16-15(17-11-8-12(19)9-11)18-14-7-3-5-10-4-1-2-6-13(10)14/h3,5,7,11-12,19H,1-2,4,6,8-9H2,(H3,16,17,18). The Bertz CT molecular complexity index is 492. The molecular weight excluding hydrogens is 238 g/mol. The molecule has 0 spiro atoms. The van der Waals surface area contributed by atoms with Gasteiger partial charge in [-0.2, -0.15) is 0 Å². The third-order valence-corrected chi connectivity index (χ3v) is 4.07. The monoisotopic (exact) mass is 259 g/mol. The molecule has 1 fully saturated rings. The zero-order valence-electron chi connectivity index (χ0n) is 11.1. The lowest BCUT2D eigenvalue weighted by Gasteiger charge is -2.28. The maximum atomic E-state index is 9.25. The normalized spacial score (nSPS) is 26.5. The lowest BCUT2D eigenvalue weighted by atomic mass is 9.90. The van der Waals surface area contributed by atoms with Crippen LogP contribution in [-0.2, 0) is 12.8 Å². The first-order chi connectivity index (χ1) is 9.22. The largest absolute Gasteiger partial charge is 0.393 e. The average Bonchev–Trinajstić information content (AvgIpc) is 2.37. The third-order valence-electron chi connectivity index (χ3n) is 4.07. The topological polar surface area (TPSA) is 70.6 Å². The first-order valence-electron chi connectivity index (χ1n) is 7.11. The number of anilines is 1.